The molecule has 0 aliphatic rings. The molecule has 1 heterocycles. The van der Waals surface area contributed by atoms with Gasteiger partial charge in [-0.1, -0.05) is 38.1 Å². The number of nitrogens with zero attached hydrogens (tertiary/aromatic N) is 1. The molecule has 2 aromatic carbocycles. The Labute approximate surface area is 170 Å². The molecule has 0 spiro atoms. The second kappa shape index (κ2) is 8.17. The number of amides is 1. The fourth-order valence-electron chi connectivity index (χ4n) is 2.89. The Balaban J connectivity index is 1.64. The summed E-state index contributed by atoms with van der Waals surface area (Å²) in [6.45, 7) is 4.40. The molecule has 0 aliphatic heterocycles. The zero-order valence-electron chi connectivity index (χ0n) is 16.4. The number of benzene rings is 2. The minimum absolute atomic E-state index is 0.0538. The van der Waals surface area contributed by atoms with Gasteiger partial charge in [0.05, 0.1) is 10.9 Å². The van der Waals surface area contributed by atoms with Crippen LogP contribution >= 0.6 is 0 Å². The maximum Gasteiger partial charge on any atom is 0.416 e. The Kier molecular flexibility index (Phi) is 5.82. The van der Waals surface area contributed by atoms with Crippen molar-refractivity contribution in [1.82, 2.24) is 15.5 Å². The summed E-state index contributed by atoms with van der Waals surface area (Å²) in [6.07, 6.45) is -4.51. The molecule has 30 heavy (non-hydrogen) atoms. The summed E-state index contributed by atoms with van der Waals surface area (Å²) in [5.74, 6) is -0.0794. The van der Waals surface area contributed by atoms with Gasteiger partial charge in [0.2, 0.25) is 0 Å². The van der Waals surface area contributed by atoms with Crippen LogP contribution in [0.5, 0.6) is 0 Å². The van der Waals surface area contributed by atoms with E-state index in [1.807, 2.05) is 13.8 Å². The van der Waals surface area contributed by atoms with Gasteiger partial charge in [0.15, 0.2) is 5.82 Å². The van der Waals surface area contributed by atoms with E-state index in [0.29, 0.717) is 23.1 Å². The summed E-state index contributed by atoms with van der Waals surface area (Å²) in [4.78, 5) is 24.2. The lowest BCUT2D eigenvalue weighted by Gasteiger charge is -2.26. The van der Waals surface area contributed by atoms with Gasteiger partial charge in [-0.25, -0.2) is 5.10 Å². The zero-order chi connectivity index (χ0) is 21.9. The van der Waals surface area contributed by atoms with E-state index < -0.39 is 23.1 Å². The summed E-state index contributed by atoms with van der Waals surface area (Å²) < 4.78 is 38.5. The Bertz CT molecular complexity index is 1120. The van der Waals surface area contributed by atoms with Crippen LogP contribution in [0.3, 0.4) is 0 Å². The van der Waals surface area contributed by atoms with Crippen LogP contribution in [0.15, 0.2) is 53.3 Å². The number of hydrogen-bond acceptors (Lipinski definition) is 4. The first kappa shape index (κ1) is 21.4. The van der Waals surface area contributed by atoms with Gasteiger partial charge >= 0.3 is 6.18 Å². The molecule has 0 radical (unpaired) electrons. The van der Waals surface area contributed by atoms with Crippen LogP contribution in [0, 0.1) is 5.41 Å². The number of aromatic nitrogens is 2. The first-order chi connectivity index (χ1) is 14.1. The lowest BCUT2D eigenvalue weighted by atomic mass is 9.93. The maximum atomic E-state index is 12.8. The van der Waals surface area contributed by atoms with Crippen LogP contribution in [0.25, 0.3) is 10.8 Å². The van der Waals surface area contributed by atoms with E-state index in [2.05, 4.69) is 20.8 Å². The van der Waals surface area contributed by atoms with E-state index in [4.69, 9.17) is 0 Å². The van der Waals surface area contributed by atoms with Crippen molar-refractivity contribution in [2.75, 3.05) is 18.4 Å². The predicted molar refractivity (Wildman–Crippen MR) is 108 cm³/mol. The Hall–Kier alpha value is -3.36. The molecule has 1 aromatic heterocycles. The van der Waals surface area contributed by atoms with Crippen molar-refractivity contribution in [1.29, 1.82) is 0 Å². The van der Waals surface area contributed by atoms with Crippen LogP contribution < -0.4 is 16.2 Å². The molecule has 1 amide bonds. The molecule has 0 bridgehead atoms. The molecule has 3 rings (SSSR count). The topological polar surface area (TPSA) is 86.9 Å². The minimum atomic E-state index is -4.51. The van der Waals surface area contributed by atoms with Gasteiger partial charge in [0, 0.05) is 24.0 Å². The number of aromatic amines is 1. The molecule has 0 saturated carbocycles. The number of carbonyl (C=O) groups is 1. The van der Waals surface area contributed by atoms with Gasteiger partial charge in [-0.05, 0) is 29.7 Å². The van der Waals surface area contributed by atoms with Crippen molar-refractivity contribution in [2.24, 2.45) is 5.41 Å². The summed E-state index contributed by atoms with van der Waals surface area (Å²) in [7, 11) is 0. The number of alkyl halides is 3. The predicted octanol–water partition coefficient (Wildman–Crippen LogP) is 3.81. The van der Waals surface area contributed by atoms with Crippen LogP contribution in [0.4, 0.5) is 19.0 Å². The number of H-pyrrole nitrogens is 1. The molecule has 0 aliphatic carbocycles. The average molecular weight is 418 g/mol. The Morgan fingerprint density at radius 1 is 1.03 bits per heavy atom. The van der Waals surface area contributed by atoms with E-state index in [9.17, 15) is 22.8 Å². The molecule has 0 unspecified atom stereocenters. The lowest BCUT2D eigenvalue weighted by molar-refractivity contribution is -0.137. The number of halogens is 3. The molecule has 3 aromatic rings. The number of rotatable bonds is 6. The molecular weight excluding hydrogens is 397 g/mol. The van der Waals surface area contributed by atoms with Crippen molar-refractivity contribution in [3.63, 3.8) is 0 Å². The highest BCUT2D eigenvalue weighted by Crippen LogP contribution is 2.29. The lowest BCUT2D eigenvalue weighted by Crippen LogP contribution is -2.38. The highest BCUT2D eigenvalue weighted by Gasteiger charge is 2.31. The van der Waals surface area contributed by atoms with Gasteiger partial charge in [-0.3, -0.25) is 9.59 Å². The second-order valence-corrected chi connectivity index (χ2v) is 7.73. The zero-order valence-corrected chi connectivity index (χ0v) is 16.4. The van der Waals surface area contributed by atoms with Gasteiger partial charge < -0.3 is 10.6 Å². The van der Waals surface area contributed by atoms with E-state index >= 15 is 0 Å². The van der Waals surface area contributed by atoms with Crippen LogP contribution in [0.1, 0.15) is 29.8 Å². The SMILES string of the molecule is CC(C)(CNC(=O)c1cccc(C(F)(F)F)c1)CNc1n[nH]c(=O)c2ccccc12. The van der Waals surface area contributed by atoms with Crippen molar-refractivity contribution in [2.45, 2.75) is 20.0 Å². The number of hydrogen-bond donors (Lipinski definition) is 3. The molecule has 9 heteroatoms. The van der Waals surface area contributed by atoms with E-state index in [-0.39, 0.29) is 17.7 Å². The van der Waals surface area contributed by atoms with E-state index in [1.54, 1.807) is 24.3 Å². The summed E-state index contributed by atoms with van der Waals surface area (Å²) >= 11 is 0. The van der Waals surface area contributed by atoms with Gasteiger partial charge in [0.1, 0.15) is 0 Å². The molecule has 158 valence electrons. The molecule has 3 N–H and O–H groups in total. The third-order valence-electron chi connectivity index (χ3n) is 4.61. The Morgan fingerprint density at radius 2 is 1.73 bits per heavy atom. The normalized spacial score (nSPS) is 12.0. The van der Waals surface area contributed by atoms with Crippen molar-refractivity contribution in [3.8, 4) is 0 Å². The van der Waals surface area contributed by atoms with Crippen molar-refractivity contribution >= 4 is 22.5 Å². The number of nitrogens with one attached hydrogen (secondary N) is 3. The fourth-order valence-corrected chi connectivity index (χ4v) is 2.89. The minimum Gasteiger partial charge on any atom is -0.368 e. The number of anilines is 1. The summed E-state index contributed by atoms with van der Waals surface area (Å²) in [5, 5.41) is 13.5. The molecule has 0 atom stereocenters. The van der Waals surface area contributed by atoms with E-state index in [0.717, 1.165) is 12.1 Å². The molecule has 0 fully saturated rings. The summed E-state index contributed by atoms with van der Waals surface area (Å²) in [5.41, 5.74) is -1.66. The smallest absolute Gasteiger partial charge is 0.368 e. The average Bonchev–Trinajstić information content (AvgIpc) is 2.71. The first-order valence-corrected chi connectivity index (χ1v) is 9.24. The summed E-state index contributed by atoms with van der Waals surface area (Å²) in [6, 6.07) is 11.3. The van der Waals surface area contributed by atoms with Crippen LogP contribution in [-0.2, 0) is 6.18 Å². The second-order valence-electron chi connectivity index (χ2n) is 7.73. The quantitative estimate of drug-likeness (QED) is 0.568. The maximum absolute atomic E-state index is 12.8. The number of carbonyl (C=O) groups excluding carboxylic acids is 1. The third-order valence-corrected chi connectivity index (χ3v) is 4.61. The van der Waals surface area contributed by atoms with E-state index in [1.165, 1.54) is 12.1 Å². The number of fused-ring (bicyclic) bond motifs is 1. The Morgan fingerprint density at radius 3 is 2.43 bits per heavy atom. The molecular formula is C21H21F3N4O2. The van der Waals surface area contributed by atoms with Gasteiger partial charge in [-0.15, -0.1) is 0 Å². The van der Waals surface area contributed by atoms with Crippen LogP contribution in [-0.4, -0.2) is 29.2 Å². The largest absolute Gasteiger partial charge is 0.416 e. The standard InChI is InChI=1S/C21H21F3N4O2/c1-20(2,11-25-17-15-8-3-4-9-16(15)19(30)28-27-17)12-26-18(29)13-6-5-7-14(10-13)21(22,23)24/h3-10H,11-12H2,1-2H3,(H,25,27)(H,26,29)(H,28,30). The fraction of sp³-hybridized carbons (Fsp3) is 0.286. The highest BCUT2D eigenvalue weighted by atomic mass is 19.4. The highest BCUT2D eigenvalue weighted by molar-refractivity contribution is 5.94. The van der Waals surface area contributed by atoms with Crippen molar-refractivity contribution in [3.05, 3.63) is 70.0 Å². The van der Waals surface area contributed by atoms with Crippen LogP contribution in [0.2, 0.25) is 0 Å². The van der Waals surface area contributed by atoms with Crippen molar-refractivity contribution < 1.29 is 18.0 Å². The van der Waals surface area contributed by atoms with Gasteiger partial charge in [-0.2, -0.15) is 18.3 Å². The monoisotopic (exact) mass is 418 g/mol. The van der Waals surface area contributed by atoms with Gasteiger partial charge in [0.25, 0.3) is 11.5 Å². The molecule has 0 saturated heterocycles. The third kappa shape index (κ3) is 4.97. The molecule has 6 nitrogen and oxygen atoms in total. The first-order valence-electron chi connectivity index (χ1n) is 9.24.